The second-order valence-electron chi connectivity index (χ2n) is 9.51. The summed E-state index contributed by atoms with van der Waals surface area (Å²) in [4.78, 5) is 35.1. The number of aliphatic imine (C=N–C) groups is 1. The van der Waals surface area contributed by atoms with Gasteiger partial charge in [-0.05, 0) is 32.1 Å². The topological polar surface area (TPSA) is 118 Å². The van der Waals surface area contributed by atoms with Crippen molar-refractivity contribution in [3.05, 3.63) is 11.5 Å². The number of anilines is 2. The molecule has 1 aromatic rings. The lowest BCUT2D eigenvalue weighted by molar-refractivity contribution is -0.136. The molecule has 0 unspecified atom stereocenters. The Bertz CT molecular complexity index is 890. The predicted molar refractivity (Wildman–Crippen MR) is 129 cm³/mol. The van der Waals surface area contributed by atoms with Gasteiger partial charge in [0.15, 0.2) is 11.6 Å². The van der Waals surface area contributed by atoms with Crippen molar-refractivity contribution < 1.29 is 14.3 Å². The van der Waals surface area contributed by atoms with E-state index in [1.54, 1.807) is 11.6 Å². The molecule has 34 heavy (non-hydrogen) atoms. The molecule has 188 valence electrons. The molecule has 11 nitrogen and oxygen atoms in total. The molecule has 0 aromatic carbocycles. The first-order valence-electron chi connectivity index (χ1n) is 12.5. The summed E-state index contributed by atoms with van der Waals surface area (Å²) in [7, 11) is 2.99. The molecule has 0 spiro atoms. The number of esters is 1. The maximum absolute atomic E-state index is 12.7. The first-order chi connectivity index (χ1) is 16.4. The van der Waals surface area contributed by atoms with Gasteiger partial charge in [-0.3, -0.25) is 9.69 Å². The van der Waals surface area contributed by atoms with Crippen LogP contribution in [0.4, 0.5) is 16.4 Å². The third kappa shape index (κ3) is 5.63. The largest absolute Gasteiger partial charge is 0.737 e. The summed E-state index contributed by atoms with van der Waals surface area (Å²) < 4.78 is 7.36. The van der Waals surface area contributed by atoms with Crippen molar-refractivity contribution in [2.24, 2.45) is 4.99 Å². The number of nitrogens with zero attached hydrogens (tertiary/aromatic N) is 6. The normalized spacial score (nSPS) is 20.5. The second-order valence-corrected chi connectivity index (χ2v) is 9.51. The predicted octanol–water partition coefficient (Wildman–Crippen LogP) is 3.54. The Balaban J connectivity index is 1.34. The van der Waals surface area contributed by atoms with E-state index in [1.807, 2.05) is 0 Å². The molecule has 2 saturated carbocycles. The van der Waals surface area contributed by atoms with Crippen molar-refractivity contribution in [2.45, 2.75) is 95.7 Å². The number of hydrazine groups is 1. The summed E-state index contributed by atoms with van der Waals surface area (Å²) in [5.41, 5.74) is 0. The minimum absolute atomic E-state index is 0.187. The molecule has 0 atom stereocenters. The van der Waals surface area contributed by atoms with Crippen LogP contribution in [0.5, 0.6) is 0 Å². The van der Waals surface area contributed by atoms with Crippen LogP contribution in [0.2, 0.25) is 0 Å². The van der Waals surface area contributed by atoms with Crippen LogP contribution in [0.25, 0.3) is 0 Å². The maximum atomic E-state index is 12.7. The number of fused-ring (bicyclic) bond motifs is 1. The quantitative estimate of drug-likeness (QED) is 0.380. The average Bonchev–Trinajstić information content (AvgIpc) is 3.27. The van der Waals surface area contributed by atoms with Crippen LogP contribution in [-0.2, 0) is 16.1 Å². The van der Waals surface area contributed by atoms with E-state index in [1.165, 1.54) is 56.8 Å². The van der Waals surface area contributed by atoms with Crippen molar-refractivity contribution in [2.75, 3.05) is 24.2 Å². The van der Waals surface area contributed by atoms with Crippen molar-refractivity contribution in [1.82, 2.24) is 19.9 Å². The zero-order valence-corrected chi connectivity index (χ0v) is 20.2. The highest BCUT2D eigenvalue weighted by molar-refractivity contribution is 5.97. The number of aromatic nitrogens is 2. The van der Waals surface area contributed by atoms with Gasteiger partial charge in [0.25, 0.3) is 6.02 Å². The fourth-order valence-electron chi connectivity index (χ4n) is 4.93. The summed E-state index contributed by atoms with van der Waals surface area (Å²) >= 11 is 0. The van der Waals surface area contributed by atoms with Crippen LogP contribution in [-0.4, -0.2) is 58.8 Å². The maximum Gasteiger partial charge on any atom is 0.343 e. The second kappa shape index (κ2) is 11.1. The van der Waals surface area contributed by atoms with Gasteiger partial charge in [0, 0.05) is 33.1 Å². The Labute approximate surface area is 200 Å². The van der Waals surface area contributed by atoms with Crippen molar-refractivity contribution >= 4 is 29.7 Å². The van der Waals surface area contributed by atoms with Crippen LogP contribution in [0.1, 0.15) is 77.0 Å². The van der Waals surface area contributed by atoms with Gasteiger partial charge in [-0.1, -0.05) is 38.5 Å². The molecule has 1 N–H and O–H groups in total. The summed E-state index contributed by atoms with van der Waals surface area (Å²) in [5.74, 6) is 0.242. The van der Waals surface area contributed by atoms with Gasteiger partial charge < -0.3 is 25.0 Å². The SMILES string of the molecule is CN1C(=O)N(C)N([O-])c2c1ncn2CCCC(=O)OC(=NC1CCCCC1)NC1CCCCC1. The molecule has 0 radical (unpaired) electrons. The number of carbonyl (C=O) groups excluding carboxylic acids is 2. The lowest BCUT2D eigenvalue weighted by Gasteiger charge is -2.44. The molecule has 2 fully saturated rings. The summed E-state index contributed by atoms with van der Waals surface area (Å²) in [6.45, 7) is 0.400. The molecule has 1 aliphatic heterocycles. The molecule has 4 rings (SSSR count). The molecule has 0 saturated heterocycles. The molecule has 1 aromatic heterocycles. The number of nitrogens with one attached hydrogen (secondary N) is 1. The van der Waals surface area contributed by atoms with E-state index in [0.717, 1.165) is 30.7 Å². The average molecular weight is 475 g/mol. The smallest absolute Gasteiger partial charge is 0.343 e. The van der Waals surface area contributed by atoms with Crippen molar-refractivity contribution in [3.8, 4) is 0 Å². The number of hydrogen-bond donors (Lipinski definition) is 1. The van der Waals surface area contributed by atoms with E-state index >= 15 is 0 Å². The van der Waals surface area contributed by atoms with E-state index in [2.05, 4.69) is 10.3 Å². The lowest BCUT2D eigenvalue weighted by Crippen LogP contribution is -2.51. The van der Waals surface area contributed by atoms with E-state index in [-0.39, 0.29) is 24.2 Å². The molecule has 2 aliphatic carbocycles. The van der Waals surface area contributed by atoms with Crippen LogP contribution in [0.3, 0.4) is 0 Å². The Morgan fingerprint density at radius 1 is 1.15 bits per heavy atom. The Hall–Kier alpha value is -2.82. The number of hydrogen-bond acceptors (Lipinski definition) is 7. The third-order valence-electron chi connectivity index (χ3n) is 6.92. The van der Waals surface area contributed by atoms with Gasteiger partial charge in [0.2, 0.25) is 0 Å². The summed E-state index contributed by atoms with van der Waals surface area (Å²) in [5, 5.41) is 17.4. The van der Waals surface area contributed by atoms with Gasteiger partial charge in [-0.2, -0.15) is 0 Å². The van der Waals surface area contributed by atoms with Crippen LogP contribution in [0, 0.1) is 5.21 Å². The first kappa shape index (κ1) is 24.3. The first-order valence-corrected chi connectivity index (χ1v) is 12.5. The number of imidazole rings is 1. The molecular weight excluding hydrogens is 438 g/mol. The molecule has 3 aliphatic rings. The fraction of sp³-hybridized carbons (Fsp3) is 0.739. The molecule has 0 bridgehead atoms. The Kier molecular flexibility index (Phi) is 7.91. The van der Waals surface area contributed by atoms with Gasteiger partial charge in [0.05, 0.1) is 12.4 Å². The Morgan fingerprint density at radius 2 is 1.82 bits per heavy atom. The van der Waals surface area contributed by atoms with E-state index < -0.39 is 6.03 Å². The molecule has 11 heteroatoms. The lowest BCUT2D eigenvalue weighted by atomic mass is 9.95. The van der Waals surface area contributed by atoms with Crippen molar-refractivity contribution in [1.29, 1.82) is 0 Å². The number of amidine groups is 1. The summed E-state index contributed by atoms with van der Waals surface area (Å²) in [6.07, 6.45) is 13.6. The van der Waals surface area contributed by atoms with Gasteiger partial charge in [0.1, 0.15) is 0 Å². The van der Waals surface area contributed by atoms with Crippen LogP contribution >= 0.6 is 0 Å². The van der Waals surface area contributed by atoms with Gasteiger partial charge in [-0.25, -0.2) is 19.8 Å². The van der Waals surface area contributed by atoms with Crippen molar-refractivity contribution in [3.63, 3.8) is 0 Å². The standard InChI is InChI=1S/C23H36N7O4/c1-27-20-21(30(33)28(2)23(27)32)29(16-24-20)15-9-14-19(31)34-22(25-17-10-5-3-6-11-17)26-18-12-7-4-8-13-18/h16-18H,3-15H2,1-2H3,(H,25,26)/q-1. The highest BCUT2D eigenvalue weighted by Crippen LogP contribution is 2.33. The summed E-state index contributed by atoms with van der Waals surface area (Å²) in [6, 6.07) is 0.439. The highest BCUT2D eigenvalue weighted by Gasteiger charge is 2.31. The minimum Gasteiger partial charge on any atom is -0.737 e. The van der Waals surface area contributed by atoms with Crippen LogP contribution in [0.15, 0.2) is 11.3 Å². The number of carbonyl (C=O) groups is 2. The third-order valence-corrected chi connectivity index (χ3v) is 6.92. The van der Waals surface area contributed by atoms with Crippen LogP contribution < -0.4 is 15.4 Å². The molecular formula is C23H36N7O4-. The van der Waals surface area contributed by atoms with E-state index in [4.69, 9.17) is 9.73 Å². The Morgan fingerprint density at radius 3 is 2.53 bits per heavy atom. The fourth-order valence-corrected chi connectivity index (χ4v) is 4.93. The monoisotopic (exact) mass is 474 g/mol. The zero-order valence-electron chi connectivity index (χ0n) is 20.2. The van der Waals surface area contributed by atoms with Gasteiger partial charge >= 0.3 is 12.0 Å². The highest BCUT2D eigenvalue weighted by atomic mass is 16.6. The number of rotatable bonds is 6. The van der Waals surface area contributed by atoms with E-state index in [0.29, 0.717) is 36.0 Å². The number of amides is 2. The molecule has 2 heterocycles. The molecule has 2 amide bonds. The minimum atomic E-state index is -0.452. The number of ether oxygens (including phenoxy) is 1. The zero-order chi connectivity index (χ0) is 24.1. The van der Waals surface area contributed by atoms with Gasteiger partial charge in [-0.15, -0.1) is 0 Å². The number of urea groups is 1. The van der Waals surface area contributed by atoms with E-state index in [9.17, 15) is 14.8 Å². The number of aryl methyl sites for hydroxylation is 1.